The highest BCUT2D eigenvalue weighted by atomic mass is 19.1. The molecular formula is C12H18FN. The molecule has 1 aromatic carbocycles. The van der Waals surface area contributed by atoms with Gasteiger partial charge in [-0.3, -0.25) is 4.39 Å². The third kappa shape index (κ3) is 1.95. The molecule has 0 amide bonds. The monoisotopic (exact) mass is 195 g/mol. The molecule has 0 aromatic heterocycles. The maximum atomic E-state index is 12.9. The second-order valence-corrected chi connectivity index (χ2v) is 4.20. The van der Waals surface area contributed by atoms with Gasteiger partial charge in [-0.15, -0.1) is 0 Å². The van der Waals surface area contributed by atoms with Gasteiger partial charge in [0.2, 0.25) is 0 Å². The fourth-order valence-corrected chi connectivity index (χ4v) is 1.37. The largest absolute Gasteiger partial charge is 0.329 e. The number of rotatable bonds is 3. The highest BCUT2D eigenvalue weighted by molar-refractivity contribution is 5.34. The molecule has 0 spiro atoms. The summed E-state index contributed by atoms with van der Waals surface area (Å²) in [7, 11) is 0. The van der Waals surface area contributed by atoms with Crippen molar-refractivity contribution in [3.8, 4) is 0 Å². The summed E-state index contributed by atoms with van der Waals surface area (Å²) in [6, 6.07) is 6.02. The second-order valence-electron chi connectivity index (χ2n) is 4.20. The number of nitrogens with two attached hydrogens (primary N) is 1. The van der Waals surface area contributed by atoms with Crippen LogP contribution in [0.15, 0.2) is 18.2 Å². The normalized spacial score (nSPS) is 15.2. The first kappa shape index (κ1) is 11.2. The van der Waals surface area contributed by atoms with Crippen molar-refractivity contribution in [3.05, 3.63) is 34.9 Å². The van der Waals surface area contributed by atoms with Gasteiger partial charge in [0.1, 0.15) is 0 Å². The lowest BCUT2D eigenvalue weighted by atomic mass is 9.83. The summed E-state index contributed by atoms with van der Waals surface area (Å²) in [5.41, 5.74) is 8.48. The van der Waals surface area contributed by atoms with E-state index in [0.29, 0.717) is 6.54 Å². The van der Waals surface area contributed by atoms with Crippen LogP contribution in [-0.2, 0) is 5.41 Å². The Bertz CT molecular complexity index is 316. The van der Waals surface area contributed by atoms with Gasteiger partial charge in [-0.25, -0.2) is 0 Å². The summed E-state index contributed by atoms with van der Waals surface area (Å²) in [4.78, 5) is 0. The zero-order valence-corrected chi connectivity index (χ0v) is 9.10. The Kier molecular flexibility index (Phi) is 3.27. The molecule has 1 unspecified atom stereocenters. The van der Waals surface area contributed by atoms with Crippen LogP contribution < -0.4 is 5.73 Å². The molecule has 1 aromatic rings. The Labute approximate surface area is 85.1 Å². The van der Waals surface area contributed by atoms with Crippen LogP contribution in [0.1, 0.15) is 23.6 Å². The molecule has 0 heterocycles. The molecule has 1 rings (SSSR count). The molecule has 0 saturated heterocycles. The number of aryl methyl sites for hydroxylation is 2. The van der Waals surface area contributed by atoms with Crippen molar-refractivity contribution in [1.29, 1.82) is 0 Å². The molecule has 0 fully saturated rings. The van der Waals surface area contributed by atoms with Gasteiger partial charge in [-0.05, 0) is 30.5 Å². The Balaban J connectivity index is 3.12. The van der Waals surface area contributed by atoms with E-state index in [4.69, 9.17) is 5.73 Å². The van der Waals surface area contributed by atoms with Gasteiger partial charge < -0.3 is 5.73 Å². The molecule has 1 atom stereocenters. The average Bonchev–Trinajstić information content (AvgIpc) is 2.21. The number of benzene rings is 1. The maximum Gasteiger partial charge on any atom is 0.1000 e. The van der Waals surface area contributed by atoms with E-state index in [-0.39, 0.29) is 0 Å². The summed E-state index contributed by atoms with van der Waals surface area (Å²) in [5.74, 6) is 0. The van der Waals surface area contributed by atoms with Crippen LogP contribution >= 0.6 is 0 Å². The summed E-state index contributed by atoms with van der Waals surface area (Å²) >= 11 is 0. The molecule has 2 heteroatoms. The van der Waals surface area contributed by atoms with E-state index in [9.17, 15) is 4.39 Å². The molecule has 0 radical (unpaired) electrons. The molecular weight excluding hydrogens is 177 g/mol. The van der Waals surface area contributed by atoms with Gasteiger partial charge in [0, 0.05) is 12.0 Å². The molecule has 78 valence electrons. The van der Waals surface area contributed by atoms with Gasteiger partial charge in [-0.2, -0.15) is 0 Å². The summed E-state index contributed by atoms with van der Waals surface area (Å²) in [6.07, 6.45) is 0. The summed E-state index contributed by atoms with van der Waals surface area (Å²) < 4.78 is 12.9. The van der Waals surface area contributed by atoms with Crippen molar-refractivity contribution in [2.24, 2.45) is 5.73 Å². The lowest BCUT2D eigenvalue weighted by molar-refractivity contribution is 0.334. The van der Waals surface area contributed by atoms with Crippen LogP contribution in [0.5, 0.6) is 0 Å². The van der Waals surface area contributed by atoms with Crippen LogP contribution in [0.4, 0.5) is 4.39 Å². The van der Waals surface area contributed by atoms with Gasteiger partial charge in [0.25, 0.3) is 0 Å². The SMILES string of the molecule is Cc1ccc(C(C)(CN)CF)cc1C. The van der Waals surface area contributed by atoms with Crippen molar-refractivity contribution < 1.29 is 4.39 Å². The minimum absolute atomic E-state index is 0.339. The van der Waals surface area contributed by atoms with E-state index in [1.807, 2.05) is 39.0 Å². The first-order chi connectivity index (χ1) is 6.53. The first-order valence-corrected chi connectivity index (χ1v) is 4.87. The molecule has 1 nitrogen and oxygen atoms in total. The third-order valence-electron chi connectivity index (χ3n) is 2.95. The lowest BCUT2D eigenvalue weighted by Crippen LogP contribution is -2.34. The van der Waals surface area contributed by atoms with E-state index >= 15 is 0 Å². The van der Waals surface area contributed by atoms with Gasteiger partial charge in [0.15, 0.2) is 0 Å². The van der Waals surface area contributed by atoms with Crippen molar-refractivity contribution in [3.63, 3.8) is 0 Å². The van der Waals surface area contributed by atoms with Gasteiger partial charge in [-0.1, -0.05) is 25.1 Å². The fraction of sp³-hybridized carbons (Fsp3) is 0.500. The zero-order chi connectivity index (χ0) is 10.8. The molecule has 0 aliphatic heterocycles. The Morgan fingerprint density at radius 1 is 1.29 bits per heavy atom. The lowest BCUT2D eigenvalue weighted by Gasteiger charge is -2.25. The quantitative estimate of drug-likeness (QED) is 0.788. The van der Waals surface area contributed by atoms with Gasteiger partial charge >= 0.3 is 0 Å². The highest BCUT2D eigenvalue weighted by Crippen LogP contribution is 2.25. The number of alkyl halides is 1. The van der Waals surface area contributed by atoms with Crippen molar-refractivity contribution >= 4 is 0 Å². The van der Waals surface area contributed by atoms with E-state index < -0.39 is 12.1 Å². The molecule has 0 bridgehead atoms. The minimum Gasteiger partial charge on any atom is -0.329 e. The smallest absolute Gasteiger partial charge is 0.1000 e. The maximum absolute atomic E-state index is 12.9. The molecule has 0 aliphatic rings. The average molecular weight is 195 g/mol. The molecule has 2 N–H and O–H groups in total. The van der Waals surface area contributed by atoms with Crippen LogP contribution in [0.3, 0.4) is 0 Å². The Hall–Kier alpha value is -0.890. The fourth-order valence-electron chi connectivity index (χ4n) is 1.37. The third-order valence-corrected chi connectivity index (χ3v) is 2.95. The standard InChI is InChI=1S/C12H18FN/c1-9-4-5-11(6-10(9)2)12(3,7-13)8-14/h4-6H,7-8,14H2,1-3H3. The van der Waals surface area contributed by atoms with E-state index in [1.165, 1.54) is 11.1 Å². The number of hydrogen-bond acceptors (Lipinski definition) is 1. The Morgan fingerprint density at radius 2 is 1.93 bits per heavy atom. The van der Waals surface area contributed by atoms with Crippen LogP contribution in [-0.4, -0.2) is 13.2 Å². The number of halogens is 1. The molecule has 14 heavy (non-hydrogen) atoms. The molecule has 0 aliphatic carbocycles. The van der Waals surface area contributed by atoms with Crippen LogP contribution in [0, 0.1) is 13.8 Å². The van der Waals surface area contributed by atoms with E-state index in [0.717, 1.165) is 5.56 Å². The highest BCUT2D eigenvalue weighted by Gasteiger charge is 2.25. The topological polar surface area (TPSA) is 26.0 Å². The number of hydrogen-bond donors (Lipinski definition) is 1. The summed E-state index contributed by atoms with van der Waals surface area (Å²) in [5, 5.41) is 0. The van der Waals surface area contributed by atoms with Crippen LogP contribution in [0.2, 0.25) is 0 Å². The van der Waals surface area contributed by atoms with Crippen LogP contribution in [0.25, 0.3) is 0 Å². The Morgan fingerprint density at radius 3 is 2.36 bits per heavy atom. The van der Waals surface area contributed by atoms with E-state index in [1.54, 1.807) is 0 Å². The summed E-state index contributed by atoms with van der Waals surface area (Å²) in [6.45, 7) is 5.87. The molecule has 0 saturated carbocycles. The van der Waals surface area contributed by atoms with Crippen molar-refractivity contribution in [1.82, 2.24) is 0 Å². The van der Waals surface area contributed by atoms with Crippen molar-refractivity contribution in [2.45, 2.75) is 26.2 Å². The zero-order valence-electron chi connectivity index (χ0n) is 9.10. The second kappa shape index (κ2) is 4.09. The predicted molar refractivity (Wildman–Crippen MR) is 58.3 cm³/mol. The predicted octanol–water partition coefficient (Wildman–Crippen LogP) is 2.49. The minimum atomic E-state index is -0.529. The van der Waals surface area contributed by atoms with Crippen molar-refractivity contribution in [2.75, 3.05) is 13.2 Å². The van der Waals surface area contributed by atoms with Gasteiger partial charge in [0.05, 0.1) is 6.67 Å². The first-order valence-electron chi connectivity index (χ1n) is 4.87. The van der Waals surface area contributed by atoms with E-state index in [2.05, 4.69) is 0 Å².